The van der Waals surface area contributed by atoms with Gasteiger partial charge in [-0.05, 0) is 36.4 Å². The topological polar surface area (TPSA) is 55.2 Å². The zero-order valence-corrected chi connectivity index (χ0v) is 14.1. The Morgan fingerprint density at radius 3 is 2.35 bits per heavy atom. The van der Waals surface area contributed by atoms with Crippen molar-refractivity contribution >= 4 is 21.6 Å². The normalized spacial score (nSPS) is 11.6. The smallest absolute Gasteiger partial charge is 0.275 e. The molecule has 0 atom stereocenters. The quantitative estimate of drug-likeness (QED) is 0.591. The zero-order chi connectivity index (χ0) is 15.3. The van der Waals surface area contributed by atoms with Gasteiger partial charge in [0.1, 0.15) is 0 Å². The third-order valence-electron chi connectivity index (χ3n) is 3.65. The summed E-state index contributed by atoms with van der Waals surface area (Å²) in [6, 6.07) is 5.20. The predicted octanol–water partition coefficient (Wildman–Crippen LogP) is 4.38. The molecule has 0 aliphatic carbocycles. The molecule has 1 aromatic rings. The molecule has 1 aromatic carbocycles. The first-order chi connectivity index (χ1) is 9.32. The molecule has 0 heterocycles. The van der Waals surface area contributed by atoms with E-state index in [4.69, 9.17) is 0 Å². The highest BCUT2D eigenvalue weighted by Crippen LogP contribution is 2.24. The number of nitrogens with one attached hydrogen (secondary N) is 1. The van der Waals surface area contributed by atoms with E-state index in [0.29, 0.717) is 24.3 Å². The fourth-order valence-corrected chi connectivity index (χ4v) is 2.82. The lowest BCUT2D eigenvalue weighted by molar-refractivity contribution is -0.385. The Bertz CT molecular complexity index is 453. The average molecular weight is 343 g/mol. The fraction of sp³-hybridized carbons (Fsp3) is 0.600. The van der Waals surface area contributed by atoms with Crippen LogP contribution in [0.3, 0.4) is 0 Å². The van der Waals surface area contributed by atoms with E-state index in [1.54, 1.807) is 12.1 Å². The molecule has 0 aliphatic rings. The van der Waals surface area contributed by atoms with Crippen molar-refractivity contribution in [2.75, 3.05) is 6.54 Å². The van der Waals surface area contributed by atoms with Gasteiger partial charge in [-0.25, -0.2) is 0 Å². The van der Waals surface area contributed by atoms with Gasteiger partial charge in [0.05, 0.1) is 4.92 Å². The summed E-state index contributed by atoms with van der Waals surface area (Å²) in [5, 5.41) is 14.4. The van der Waals surface area contributed by atoms with Gasteiger partial charge in [0, 0.05) is 22.6 Å². The summed E-state index contributed by atoms with van der Waals surface area (Å²) in [6.45, 7) is 10.3. The number of halogens is 1. The molecule has 0 spiro atoms. The van der Waals surface area contributed by atoms with E-state index in [0.717, 1.165) is 16.6 Å². The third kappa shape index (κ3) is 4.87. The van der Waals surface area contributed by atoms with Crippen molar-refractivity contribution in [1.82, 2.24) is 5.32 Å². The molecule has 112 valence electrons. The summed E-state index contributed by atoms with van der Waals surface area (Å²) < 4.78 is 0.732. The van der Waals surface area contributed by atoms with Crippen LogP contribution in [0.1, 0.15) is 33.3 Å². The van der Waals surface area contributed by atoms with Gasteiger partial charge in [0.15, 0.2) is 0 Å². The molecule has 0 fully saturated rings. The first kappa shape index (κ1) is 17.1. The van der Waals surface area contributed by atoms with Gasteiger partial charge in [-0.3, -0.25) is 10.1 Å². The summed E-state index contributed by atoms with van der Waals surface area (Å²) in [4.78, 5) is 10.7. The maximum Gasteiger partial charge on any atom is 0.275 e. The number of nitrogens with zero attached hydrogens (tertiary/aromatic N) is 1. The highest BCUT2D eigenvalue weighted by atomic mass is 79.9. The molecule has 0 aromatic heterocycles. The van der Waals surface area contributed by atoms with E-state index >= 15 is 0 Å². The molecule has 0 radical (unpaired) electrons. The first-order valence-corrected chi connectivity index (χ1v) is 7.75. The third-order valence-corrected chi connectivity index (χ3v) is 4.15. The number of hydrogen-bond donors (Lipinski definition) is 1. The average Bonchev–Trinajstić information content (AvgIpc) is 2.34. The van der Waals surface area contributed by atoms with Crippen LogP contribution in [0.4, 0.5) is 5.69 Å². The van der Waals surface area contributed by atoms with Crippen molar-refractivity contribution in [3.63, 3.8) is 0 Å². The predicted molar refractivity (Wildman–Crippen MR) is 85.7 cm³/mol. The van der Waals surface area contributed by atoms with Gasteiger partial charge in [-0.15, -0.1) is 0 Å². The molecule has 4 nitrogen and oxygen atoms in total. The van der Waals surface area contributed by atoms with Crippen LogP contribution >= 0.6 is 15.9 Å². The van der Waals surface area contributed by atoms with E-state index in [9.17, 15) is 10.1 Å². The summed E-state index contributed by atoms with van der Waals surface area (Å²) in [5.41, 5.74) is 0.891. The van der Waals surface area contributed by atoms with E-state index in [1.807, 2.05) is 6.07 Å². The van der Waals surface area contributed by atoms with Crippen LogP contribution < -0.4 is 5.32 Å². The minimum Gasteiger partial charge on any atom is -0.312 e. The molecule has 0 saturated carbocycles. The van der Waals surface area contributed by atoms with Crippen LogP contribution in [0.25, 0.3) is 0 Å². The number of nitro groups is 1. The van der Waals surface area contributed by atoms with Crippen LogP contribution in [-0.4, -0.2) is 11.5 Å². The molecule has 0 saturated heterocycles. The second kappa shape index (κ2) is 7.74. The van der Waals surface area contributed by atoms with Gasteiger partial charge in [-0.1, -0.05) is 43.6 Å². The largest absolute Gasteiger partial charge is 0.312 e. The first-order valence-electron chi connectivity index (χ1n) is 6.96. The molecule has 1 N–H and O–H groups in total. The Balaban J connectivity index is 2.68. The van der Waals surface area contributed by atoms with Crippen molar-refractivity contribution in [1.29, 1.82) is 0 Å². The van der Waals surface area contributed by atoms with E-state index < -0.39 is 0 Å². The molecule has 0 aliphatic heterocycles. The number of nitro benzene ring substituents is 1. The monoisotopic (exact) mass is 342 g/mol. The molecular weight excluding hydrogens is 320 g/mol. The van der Waals surface area contributed by atoms with Crippen molar-refractivity contribution in [3.05, 3.63) is 38.3 Å². The van der Waals surface area contributed by atoms with Crippen molar-refractivity contribution < 1.29 is 4.92 Å². The minimum absolute atomic E-state index is 0.164. The lowest BCUT2D eigenvalue weighted by atomic mass is 9.85. The highest BCUT2D eigenvalue weighted by Gasteiger charge is 2.18. The van der Waals surface area contributed by atoms with Gasteiger partial charge < -0.3 is 5.32 Å². The van der Waals surface area contributed by atoms with E-state index in [-0.39, 0.29) is 10.6 Å². The molecule has 0 bridgehead atoms. The van der Waals surface area contributed by atoms with Crippen LogP contribution in [0, 0.1) is 27.9 Å². The van der Waals surface area contributed by atoms with Gasteiger partial charge in [-0.2, -0.15) is 0 Å². The van der Waals surface area contributed by atoms with E-state index in [1.165, 1.54) is 0 Å². The molecule has 20 heavy (non-hydrogen) atoms. The fourth-order valence-electron chi connectivity index (χ4n) is 2.47. The van der Waals surface area contributed by atoms with Crippen LogP contribution in [-0.2, 0) is 6.54 Å². The summed E-state index contributed by atoms with van der Waals surface area (Å²) in [5.74, 6) is 1.77. The second-order valence-electron chi connectivity index (χ2n) is 5.81. The molecular formula is C15H23BrN2O2. The van der Waals surface area contributed by atoms with Crippen molar-refractivity contribution in [3.8, 4) is 0 Å². The summed E-state index contributed by atoms with van der Waals surface area (Å²) in [7, 11) is 0. The van der Waals surface area contributed by atoms with E-state index in [2.05, 4.69) is 48.9 Å². The zero-order valence-electron chi connectivity index (χ0n) is 12.5. The molecule has 0 amide bonds. The van der Waals surface area contributed by atoms with Crippen LogP contribution in [0.2, 0.25) is 0 Å². The maximum absolute atomic E-state index is 11.0. The highest BCUT2D eigenvalue weighted by molar-refractivity contribution is 9.10. The minimum atomic E-state index is -0.329. The molecule has 1 rings (SSSR count). The second-order valence-corrected chi connectivity index (χ2v) is 6.73. The van der Waals surface area contributed by atoms with Crippen molar-refractivity contribution in [2.45, 2.75) is 34.2 Å². The van der Waals surface area contributed by atoms with Gasteiger partial charge in [0.25, 0.3) is 5.69 Å². The van der Waals surface area contributed by atoms with Crippen LogP contribution in [0.5, 0.6) is 0 Å². The number of hydrogen-bond acceptors (Lipinski definition) is 3. The Labute approximate surface area is 129 Å². The number of rotatable bonds is 7. The van der Waals surface area contributed by atoms with Gasteiger partial charge in [0.2, 0.25) is 0 Å². The lowest BCUT2D eigenvalue weighted by Gasteiger charge is -2.25. The SMILES string of the molecule is CC(C)C(CNCc1ccc(Br)cc1[N+](=O)[O-])C(C)C. The Hall–Kier alpha value is -0.940. The van der Waals surface area contributed by atoms with Crippen LogP contribution in [0.15, 0.2) is 22.7 Å². The molecule has 5 heteroatoms. The Morgan fingerprint density at radius 1 is 1.25 bits per heavy atom. The van der Waals surface area contributed by atoms with Crippen molar-refractivity contribution in [2.24, 2.45) is 17.8 Å². The lowest BCUT2D eigenvalue weighted by Crippen LogP contribution is -2.29. The summed E-state index contributed by atoms with van der Waals surface area (Å²) in [6.07, 6.45) is 0. The van der Waals surface area contributed by atoms with Gasteiger partial charge >= 0.3 is 0 Å². The molecule has 0 unspecified atom stereocenters. The Morgan fingerprint density at radius 2 is 1.85 bits per heavy atom. The Kier molecular flexibility index (Phi) is 6.62. The summed E-state index contributed by atoms with van der Waals surface area (Å²) >= 11 is 3.27. The number of benzene rings is 1. The maximum atomic E-state index is 11.0. The standard InChI is InChI=1S/C15H23BrN2O2/c1-10(2)14(11(3)4)9-17-8-12-5-6-13(16)7-15(12)18(19)20/h5-7,10-11,14,17H,8-9H2,1-4H3.